The summed E-state index contributed by atoms with van der Waals surface area (Å²) < 4.78 is 0. The van der Waals surface area contributed by atoms with Gasteiger partial charge < -0.3 is 5.32 Å². The zero-order chi connectivity index (χ0) is 10.7. The molecule has 1 heterocycles. The van der Waals surface area contributed by atoms with Crippen LogP contribution in [0.2, 0.25) is 0 Å². The lowest BCUT2D eigenvalue weighted by molar-refractivity contribution is 0.897. The highest BCUT2D eigenvalue weighted by Crippen LogP contribution is 2.24. The summed E-state index contributed by atoms with van der Waals surface area (Å²) in [5.41, 5.74) is 2.22. The quantitative estimate of drug-likeness (QED) is 0.851. The van der Waals surface area contributed by atoms with Crippen molar-refractivity contribution < 1.29 is 0 Å². The molecule has 0 aliphatic carbocycles. The Morgan fingerprint density at radius 1 is 1.20 bits per heavy atom. The summed E-state index contributed by atoms with van der Waals surface area (Å²) in [5, 5.41) is 6.38. The number of benzene rings is 1. The van der Waals surface area contributed by atoms with E-state index in [2.05, 4.69) is 41.7 Å². The van der Waals surface area contributed by atoms with Gasteiger partial charge in [-0.05, 0) is 13.8 Å². The fourth-order valence-electron chi connectivity index (χ4n) is 1.33. The Morgan fingerprint density at radius 2 is 1.93 bits per heavy atom. The second-order valence-electron chi connectivity index (χ2n) is 3.70. The van der Waals surface area contributed by atoms with E-state index in [1.807, 2.05) is 18.2 Å². The Labute approximate surface area is 94.0 Å². The van der Waals surface area contributed by atoms with Crippen LogP contribution in [0.5, 0.6) is 0 Å². The summed E-state index contributed by atoms with van der Waals surface area (Å²) in [4.78, 5) is 4.53. The molecule has 78 valence electrons. The summed E-state index contributed by atoms with van der Waals surface area (Å²) in [7, 11) is 0. The van der Waals surface area contributed by atoms with Crippen LogP contribution in [0.25, 0.3) is 11.3 Å². The zero-order valence-corrected chi connectivity index (χ0v) is 9.71. The Kier molecular flexibility index (Phi) is 3.02. The predicted molar refractivity (Wildman–Crippen MR) is 66.3 cm³/mol. The van der Waals surface area contributed by atoms with Crippen molar-refractivity contribution in [3.05, 3.63) is 35.7 Å². The highest BCUT2D eigenvalue weighted by atomic mass is 32.1. The molecule has 0 unspecified atom stereocenters. The molecule has 0 radical (unpaired) electrons. The monoisotopic (exact) mass is 218 g/mol. The van der Waals surface area contributed by atoms with Gasteiger partial charge in [-0.15, -0.1) is 11.3 Å². The standard InChI is InChI=1S/C12H14N2S/c1-9(2)13-12-14-11(8-15-12)10-6-4-3-5-7-10/h3-9H,1-2H3,(H,13,14). The molecule has 0 aliphatic heterocycles. The van der Waals surface area contributed by atoms with E-state index in [0.29, 0.717) is 6.04 Å². The van der Waals surface area contributed by atoms with Crippen molar-refractivity contribution in [1.82, 2.24) is 4.98 Å². The lowest BCUT2D eigenvalue weighted by Crippen LogP contribution is -2.08. The third-order valence-electron chi connectivity index (χ3n) is 1.99. The lowest BCUT2D eigenvalue weighted by atomic mass is 10.2. The van der Waals surface area contributed by atoms with Gasteiger partial charge >= 0.3 is 0 Å². The summed E-state index contributed by atoms with van der Waals surface area (Å²) >= 11 is 1.65. The molecule has 1 aromatic heterocycles. The maximum absolute atomic E-state index is 4.53. The van der Waals surface area contributed by atoms with Crippen molar-refractivity contribution >= 4 is 16.5 Å². The number of nitrogens with zero attached hydrogens (tertiary/aromatic N) is 1. The summed E-state index contributed by atoms with van der Waals surface area (Å²) in [5.74, 6) is 0. The van der Waals surface area contributed by atoms with Crippen LogP contribution < -0.4 is 5.32 Å². The third-order valence-corrected chi connectivity index (χ3v) is 2.76. The minimum atomic E-state index is 0.430. The van der Waals surface area contributed by atoms with Crippen LogP contribution in [-0.2, 0) is 0 Å². The van der Waals surface area contributed by atoms with E-state index in [9.17, 15) is 0 Å². The molecule has 0 aliphatic rings. The second-order valence-corrected chi connectivity index (χ2v) is 4.56. The molecule has 3 heteroatoms. The van der Waals surface area contributed by atoms with Crippen LogP contribution >= 0.6 is 11.3 Å². The first kappa shape index (κ1) is 10.2. The second kappa shape index (κ2) is 4.45. The SMILES string of the molecule is CC(C)Nc1nc(-c2ccccc2)cs1. The van der Waals surface area contributed by atoms with E-state index in [0.717, 1.165) is 10.8 Å². The molecule has 0 atom stereocenters. The first-order valence-corrected chi connectivity index (χ1v) is 5.91. The third kappa shape index (κ3) is 2.57. The van der Waals surface area contributed by atoms with Crippen LogP contribution in [0.4, 0.5) is 5.13 Å². The number of thiazole rings is 1. The van der Waals surface area contributed by atoms with Crippen LogP contribution in [0.3, 0.4) is 0 Å². The van der Waals surface area contributed by atoms with Gasteiger partial charge in [-0.3, -0.25) is 0 Å². The molecular formula is C12H14N2S. The summed E-state index contributed by atoms with van der Waals surface area (Å²) in [6.07, 6.45) is 0. The van der Waals surface area contributed by atoms with Crippen LogP contribution in [-0.4, -0.2) is 11.0 Å². The van der Waals surface area contributed by atoms with Crippen LogP contribution in [0.15, 0.2) is 35.7 Å². The zero-order valence-electron chi connectivity index (χ0n) is 8.90. The molecule has 0 saturated carbocycles. The topological polar surface area (TPSA) is 24.9 Å². The van der Waals surface area contributed by atoms with Crippen LogP contribution in [0, 0.1) is 0 Å². The van der Waals surface area contributed by atoms with Crippen molar-refractivity contribution in [3.63, 3.8) is 0 Å². The molecular weight excluding hydrogens is 204 g/mol. The molecule has 1 aromatic carbocycles. The molecule has 2 nitrogen and oxygen atoms in total. The van der Waals surface area contributed by atoms with Gasteiger partial charge in [0.2, 0.25) is 0 Å². The number of nitrogens with one attached hydrogen (secondary N) is 1. The summed E-state index contributed by atoms with van der Waals surface area (Å²) in [6.45, 7) is 4.23. The Balaban J connectivity index is 2.21. The van der Waals surface area contributed by atoms with Gasteiger partial charge in [0.15, 0.2) is 5.13 Å². The van der Waals surface area contributed by atoms with Crippen molar-refractivity contribution in [2.75, 3.05) is 5.32 Å². The van der Waals surface area contributed by atoms with Crippen molar-refractivity contribution in [2.45, 2.75) is 19.9 Å². The van der Waals surface area contributed by atoms with Crippen LogP contribution in [0.1, 0.15) is 13.8 Å². The Morgan fingerprint density at radius 3 is 2.60 bits per heavy atom. The molecule has 0 amide bonds. The number of hydrogen-bond acceptors (Lipinski definition) is 3. The fraction of sp³-hybridized carbons (Fsp3) is 0.250. The fourth-order valence-corrected chi connectivity index (χ4v) is 2.20. The average molecular weight is 218 g/mol. The van der Waals surface area contributed by atoms with Gasteiger partial charge in [-0.2, -0.15) is 0 Å². The Bertz CT molecular complexity index is 420. The first-order valence-electron chi connectivity index (χ1n) is 5.03. The normalized spacial score (nSPS) is 10.6. The van der Waals surface area contributed by atoms with Gasteiger partial charge in [-0.1, -0.05) is 30.3 Å². The van der Waals surface area contributed by atoms with Gasteiger partial charge in [0.05, 0.1) is 5.69 Å². The predicted octanol–water partition coefficient (Wildman–Crippen LogP) is 3.63. The van der Waals surface area contributed by atoms with E-state index in [4.69, 9.17) is 0 Å². The van der Waals surface area contributed by atoms with Gasteiger partial charge in [0.1, 0.15) is 0 Å². The molecule has 0 spiro atoms. The van der Waals surface area contributed by atoms with E-state index < -0.39 is 0 Å². The maximum Gasteiger partial charge on any atom is 0.183 e. The molecule has 0 saturated heterocycles. The highest BCUT2D eigenvalue weighted by Gasteiger charge is 2.04. The van der Waals surface area contributed by atoms with Gasteiger partial charge in [0, 0.05) is 17.0 Å². The number of rotatable bonds is 3. The minimum absolute atomic E-state index is 0.430. The van der Waals surface area contributed by atoms with Crippen molar-refractivity contribution in [3.8, 4) is 11.3 Å². The molecule has 2 rings (SSSR count). The molecule has 0 fully saturated rings. The summed E-state index contributed by atoms with van der Waals surface area (Å²) in [6, 6.07) is 10.7. The van der Waals surface area contributed by atoms with Crippen molar-refractivity contribution in [1.29, 1.82) is 0 Å². The first-order chi connectivity index (χ1) is 7.25. The lowest BCUT2D eigenvalue weighted by Gasteiger charge is -2.04. The van der Waals surface area contributed by atoms with Crippen molar-refractivity contribution in [2.24, 2.45) is 0 Å². The molecule has 15 heavy (non-hydrogen) atoms. The number of hydrogen-bond donors (Lipinski definition) is 1. The highest BCUT2D eigenvalue weighted by molar-refractivity contribution is 7.14. The van der Waals surface area contributed by atoms with Gasteiger partial charge in [0.25, 0.3) is 0 Å². The van der Waals surface area contributed by atoms with E-state index in [-0.39, 0.29) is 0 Å². The number of anilines is 1. The van der Waals surface area contributed by atoms with Gasteiger partial charge in [-0.25, -0.2) is 4.98 Å². The smallest absolute Gasteiger partial charge is 0.183 e. The molecule has 1 N–H and O–H groups in total. The maximum atomic E-state index is 4.53. The van der Waals surface area contributed by atoms with E-state index in [1.165, 1.54) is 5.56 Å². The largest absolute Gasteiger partial charge is 0.359 e. The number of aromatic nitrogens is 1. The average Bonchev–Trinajstić information content (AvgIpc) is 2.67. The minimum Gasteiger partial charge on any atom is -0.359 e. The van der Waals surface area contributed by atoms with E-state index in [1.54, 1.807) is 11.3 Å². The molecule has 0 bridgehead atoms. The Hall–Kier alpha value is -1.35. The van der Waals surface area contributed by atoms with E-state index >= 15 is 0 Å². The molecule has 2 aromatic rings.